The molecule has 152 valence electrons. The summed E-state index contributed by atoms with van der Waals surface area (Å²) in [4.78, 5) is 22.7. The lowest BCUT2D eigenvalue weighted by Crippen LogP contribution is -2.15. The monoisotopic (exact) mass is 404 g/mol. The second-order valence-electron chi connectivity index (χ2n) is 6.96. The Labute approximate surface area is 172 Å². The highest BCUT2D eigenvalue weighted by Crippen LogP contribution is 2.20. The molecule has 0 aliphatic carbocycles. The number of rotatable bonds is 7. The molecule has 0 unspecified atom stereocenters. The van der Waals surface area contributed by atoms with Crippen LogP contribution >= 0.6 is 0 Å². The molecule has 0 saturated heterocycles. The maximum atomic E-state index is 12.3. The van der Waals surface area contributed by atoms with Crippen molar-refractivity contribution in [1.29, 1.82) is 0 Å². The molecular weight excluding hydrogens is 384 g/mol. The molecule has 30 heavy (non-hydrogen) atoms. The zero-order chi connectivity index (χ0) is 21.1. The van der Waals surface area contributed by atoms with E-state index in [4.69, 9.17) is 0 Å². The quantitative estimate of drug-likeness (QED) is 0.374. The summed E-state index contributed by atoms with van der Waals surface area (Å²) in [5.41, 5.74) is 2.12. The molecule has 1 amide bonds. The van der Waals surface area contributed by atoms with Gasteiger partial charge in [0.15, 0.2) is 0 Å². The SMILES string of the molecule is Cc1c([N+](=O)[O-])cnn1CCC(=O)Nc1cnn(Cc2cccc3ccccc23)c1. The topological polar surface area (TPSA) is 108 Å². The summed E-state index contributed by atoms with van der Waals surface area (Å²) in [5, 5.41) is 24.3. The van der Waals surface area contributed by atoms with Crippen molar-refractivity contribution >= 4 is 28.1 Å². The van der Waals surface area contributed by atoms with Gasteiger partial charge < -0.3 is 5.32 Å². The van der Waals surface area contributed by atoms with Crippen molar-refractivity contribution in [2.45, 2.75) is 26.4 Å². The molecule has 9 nitrogen and oxygen atoms in total. The van der Waals surface area contributed by atoms with Gasteiger partial charge in [0, 0.05) is 12.6 Å². The summed E-state index contributed by atoms with van der Waals surface area (Å²) in [6.45, 7) is 2.46. The largest absolute Gasteiger partial charge is 0.323 e. The van der Waals surface area contributed by atoms with Crippen molar-refractivity contribution in [2.24, 2.45) is 0 Å². The summed E-state index contributed by atoms with van der Waals surface area (Å²) in [5.74, 6) is -0.211. The lowest BCUT2D eigenvalue weighted by atomic mass is 10.0. The first kappa shape index (κ1) is 19.3. The van der Waals surface area contributed by atoms with E-state index in [0.29, 0.717) is 17.9 Å². The van der Waals surface area contributed by atoms with E-state index in [1.165, 1.54) is 21.7 Å². The number of aromatic nitrogens is 4. The van der Waals surface area contributed by atoms with Crippen LogP contribution in [0.4, 0.5) is 11.4 Å². The fourth-order valence-electron chi connectivity index (χ4n) is 3.39. The normalized spacial score (nSPS) is 11.0. The molecular formula is C21H20N6O3. The number of hydrogen-bond acceptors (Lipinski definition) is 5. The lowest BCUT2D eigenvalue weighted by molar-refractivity contribution is -0.385. The minimum absolute atomic E-state index is 0.0508. The predicted octanol–water partition coefficient (Wildman–Crippen LogP) is 3.53. The van der Waals surface area contributed by atoms with Gasteiger partial charge in [-0.25, -0.2) is 0 Å². The summed E-state index contributed by atoms with van der Waals surface area (Å²) in [6, 6.07) is 14.3. The molecule has 0 saturated carbocycles. The number of benzene rings is 2. The highest BCUT2D eigenvalue weighted by molar-refractivity contribution is 5.90. The van der Waals surface area contributed by atoms with E-state index in [2.05, 4.69) is 39.8 Å². The summed E-state index contributed by atoms with van der Waals surface area (Å²) in [6.07, 6.45) is 4.73. The van der Waals surface area contributed by atoms with Crippen LogP contribution in [0.1, 0.15) is 17.7 Å². The van der Waals surface area contributed by atoms with E-state index < -0.39 is 4.92 Å². The molecule has 2 aromatic heterocycles. The van der Waals surface area contributed by atoms with E-state index >= 15 is 0 Å². The van der Waals surface area contributed by atoms with Gasteiger partial charge in [0.2, 0.25) is 5.91 Å². The van der Waals surface area contributed by atoms with Gasteiger partial charge in [0.25, 0.3) is 0 Å². The number of hydrogen-bond donors (Lipinski definition) is 1. The third-order valence-electron chi connectivity index (χ3n) is 4.95. The number of nitrogens with zero attached hydrogens (tertiary/aromatic N) is 5. The highest BCUT2D eigenvalue weighted by Gasteiger charge is 2.16. The van der Waals surface area contributed by atoms with Gasteiger partial charge >= 0.3 is 5.69 Å². The number of fused-ring (bicyclic) bond motifs is 1. The molecule has 1 N–H and O–H groups in total. The zero-order valence-electron chi connectivity index (χ0n) is 16.4. The smallest absolute Gasteiger partial charge is 0.309 e. The third kappa shape index (κ3) is 4.04. The van der Waals surface area contributed by atoms with Crippen LogP contribution in [0.5, 0.6) is 0 Å². The molecule has 0 aliphatic rings. The average Bonchev–Trinajstić information content (AvgIpc) is 3.33. The number of anilines is 1. The van der Waals surface area contributed by atoms with E-state index in [-0.39, 0.29) is 24.6 Å². The standard InChI is InChI=1S/C21H20N6O3/c1-15-20(27(29)30)12-23-26(15)10-9-21(28)24-18-11-22-25(14-18)13-17-7-4-6-16-5-2-3-8-19(16)17/h2-8,11-12,14H,9-10,13H2,1H3,(H,24,28). The van der Waals surface area contributed by atoms with Crippen molar-refractivity contribution in [2.75, 3.05) is 5.32 Å². The third-order valence-corrected chi connectivity index (χ3v) is 4.95. The summed E-state index contributed by atoms with van der Waals surface area (Å²) in [7, 11) is 0. The molecule has 4 aromatic rings. The Balaban J connectivity index is 1.37. The summed E-state index contributed by atoms with van der Waals surface area (Å²) >= 11 is 0. The number of nitrogens with one attached hydrogen (secondary N) is 1. The predicted molar refractivity (Wildman–Crippen MR) is 112 cm³/mol. The molecule has 9 heteroatoms. The average molecular weight is 404 g/mol. The minimum Gasteiger partial charge on any atom is -0.323 e. The first-order chi connectivity index (χ1) is 14.5. The number of amides is 1. The molecule has 0 spiro atoms. The van der Waals surface area contributed by atoms with Crippen LogP contribution in [0.2, 0.25) is 0 Å². The van der Waals surface area contributed by atoms with Gasteiger partial charge in [-0.15, -0.1) is 0 Å². The van der Waals surface area contributed by atoms with E-state index in [9.17, 15) is 14.9 Å². The highest BCUT2D eigenvalue weighted by atomic mass is 16.6. The maximum absolute atomic E-state index is 12.3. The first-order valence-electron chi connectivity index (χ1n) is 9.47. The minimum atomic E-state index is -0.483. The van der Waals surface area contributed by atoms with Gasteiger partial charge in [-0.2, -0.15) is 10.2 Å². The Morgan fingerprint density at radius 1 is 1.13 bits per heavy atom. The van der Waals surface area contributed by atoms with Crippen LogP contribution in [0.25, 0.3) is 10.8 Å². The number of carbonyl (C=O) groups is 1. The Hall–Kier alpha value is -4.01. The van der Waals surface area contributed by atoms with Gasteiger partial charge in [-0.1, -0.05) is 42.5 Å². The second kappa shape index (κ2) is 8.16. The van der Waals surface area contributed by atoms with Crippen molar-refractivity contribution in [3.63, 3.8) is 0 Å². The number of aryl methyl sites for hydroxylation is 1. The molecule has 0 atom stereocenters. The second-order valence-corrected chi connectivity index (χ2v) is 6.96. The zero-order valence-corrected chi connectivity index (χ0v) is 16.4. The van der Waals surface area contributed by atoms with Crippen LogP contribution in [-0.2, 0) is 17.9 Å². The van der Waals surface area contributed by atoms with Gasteiger partial charge in [-0.05, 0) is 23.3 Å². The van der Waals surface area contributed by atoms with E-state index in [1.807, 2.05) is 18.2 Å². The van der Waals surface area contributed by atoms with Crippen LogP contribution in [-0.4, -0.2) is 30.4 Å². The van der Waals surface area contributed by atoms with Crippen LogP contribution in [0.15, 0.2) is 61.1 Å². The van der Waals surface area contributed by atoms with E-state index in [1.54, 1.807) is 24.0 Å². The maximum Gasteiger partial charge on any atom is 0.309 e. The molecule has 0 radical (unpaired) electrons. The summed E-state index contributed by atoms with van der Waals surface area (Å²) < 4.78 is 3.24. The first-order valence-corrected chi connectivity index (χ1v) is 9.47. The van der Waals surface area contributed by atoms with Crippen molar-refractivity contribution in [3.8, 4) is 0 Å². The molecule has 2 heterocycles. The van der Waals surface area contributed by atoms with Gasteiger partial charge in [0.1, 0.15) is 11.9 Å². The lowest BCUT2D eigenvalue weighted by Gasteiger charge is -2.07. The molecule has 4 rings (SSSR count). The van der Waals surface area contributed by atoms with Gasteiger partial charge in [-0.3, -0.25) is 24.3 Å². The van der Waals surface area contributed by atoms with Crippen molar-refractivity contribution in [3.05, 3.63) is 82.4 Å². The molecule has 0 bridgehead atoms. The Morgan fingerprint density at radius 2 is 1.93 bits per heavy atom. The van der Waals surface area contributed by atoms with Crippen LogP contribution in [0, 0.1) is 17.0 Å². The Morgan fingerprint density at radius 3 is 2.73 bits per heavy atom. The fraction of sp³-hybridized carbons (Fsp3) is 0.190. The number of nitro groups is 1. The Bertz CT molecular complexity index is 1220. The van der Waals surface area contributed by atoms with Crippen LogP contribution < -0.4 is 5.32 Å². The van der Waals surface area contributed by atoms with Crippen molar-refractivity contribution in [1.82, 2.24) is 19.6 Å². The Kier molecular flexibility index (Phi) is 5.25. The van der Waals surface area contributed by atoms with Crippen molar-refractivity contribution < 1.29 is 9.72 Å². The van der Waals surface area contributed by atoms with E-state index in [0.717, 1.165) is 5.56 Å². The fourth-order valence-corrected chi connectivity index (χ4v) is 3.39. The molecule has 2 aromatic carbocycles. The molecule has 0 aliphatic heterocycles. The number of carbonyl (C=O) groups excluding carboxylic acids is 1. The van der Waals surface area contributed by atoms with Crippen LogP contribution in [0.3, 0.4) is 0 Å². The van der Waals surface area contributed by atoms with Gasteiger partial charge in [0.05, 0.1) is 29.9 Å². The molecule has 0 fully saturated rings.